The summed E-state index contributed by atoms with van der Waals surface area (Å²) in [5.74, 6) is -0.0837. The molecule has 0 fully saturated rings. The van der Waals surface area contributed by atoms with Crippen LogP contribution in [0.15, 0.2) is 77.7 Å². The molecule has 37 heavy (non-hydrogen) atoms. The third-order valence-electron chi connectivity index (χ3n) is 5.29. The molecular formula is C28H33N5O2S2. The lowest BCUT2D eigenvalue weighted by molar-refractivity contribution is 0.0937. The van der Waals surface area contributed by atoms with Crippen LogP contribution in [-0.4, -0.2) is 37.0 Å². The maximum absolute atomic E-state index is 12.4. The van der Waals surface area contributed by atoms with Gasteiger partial charge >= 0.3 is 0 Å². The number of ether oxygens (including phenoxy) is 1. The summed E-state index contributed by atoms with van der Waals surface area (Å²) in [5.41, 5.74) is 9.02. The fourth-order valence-corrected chi connectivity index (χ4v) is 5.43. The summed E-state index contributed by atoms with van der Waals surface area (Å²) in [6, 6.07) is 23.2. The molecule has 1 heterocycles. The second-order valence-electron chi connectivity index (χ2n) is 7.89. The number of hydrogen-bond donors (Lipinski definition) is 4. The molecule has 0 spiro atoms. The van der Waals surface area contributed by atoms with Gasteiger partial charge in [0.05, 0.1) is 22.9 Å². The molecule has 0 bridgehead atoms. The number of hydrogen-bond acceptors (Lipinski definition) is 7. The summed E-state index contributed by atoms with van der Waals surface area (Å²) in [4.78, 5) is 18.2. The summed E-state index contributed by atoms with van der Waals surface area (Å²) in [7, 11) is 1.60. The van der Waals surface area contributed by atoms with Gasteiger partial charge in [-0.05, 0) is 60.3 Å². The number of nitrogens with one attached hydrogen (secondary N) is 3. The van der Waals surface area contributed by atoms with E-state index in [-0.39, 0.29) is 17.8 Å². The van der Waals surface area contributed by atoms with Crippen molar-refractivity contribution in [1.29, 1.82) is 5.41 Å². The van der Waals surface area contributed by atoms with Crippen molar-refractivity contribution >= 4 is 45.2 Å². The molecule has 0 aliphatic carbocycles. The van der Waals surface area contributed by atoms with E-state index in [1.54, 1.807) is 24.5 Å². The molecule has 1 unspecified atom stereocenters. The Bertz CT molecular complexity index is 1290. The molecule has 194 valence electrons. The Labute approximate surface area is 226 Å². The van der Waals surface area contributed by atoms with Gasteiger partial charge in [0.2, 0.25) is 0 Å². The van der Waals surface area contributed by atoms with Crippen molar-refractivity contribution < 1.29 is 9.53 Å². The molecule has 7 nitrogen and oxygen atoms in total. The van der Waals surface area contributed by atoms with Gasteiger partial charge < -0.3 is 15.8 Å². The first-order chi connectivity index (χ1) is 18.0. The normalized spacial score (nSPS) is 11.4. The lowest BCUT2D eigenvalue weighted by Crippen LogP contribution is -2.26. The van der Waals surface area contributed by atoms with Crippen LogP contribution in [0.2, 0.25) is 0 Å². The van der Waals surface area contributed by atoms with E-state index in [2.05, 4.69) is 16.1 Å². The smallest absolute Gasteiger partial charge is 0.251 e. The zero-order valence-corrected chi connectivity index (χ0v) is 22.9. The monoisotopic (exact) mass is 535 g/mol. The number of fused-ring (bicyclic) bond motifs is 1. The van der Waals surface area contributed by atoms with Gasteiger partial charge in [-0.3, -0.25) is 10.2 Å². The number of para-hydroxylation sites is 1. The molecule has 5 N–H and O–H groups in total. The molecule has 0 aliphatic rings. The molecule has 0 radical (unpaired) electrons. The molecule has 0 saturated heterocycles. The van der Waals surface area contributed by atoms with E-state index in [0.29, 0.717) is 30.7 Å². The zero-order chi connectivity index (χ0) is 26.6. The predicted octanol–water partition coefficient (Wildman–Crippen LogP) is 5.56. The first-order valence-corrected chi connectivity index (χ1v) is 13.7. The second-order valence-corrected chi connectivity index (χ2v) is 9.86. The van der Waals surface area contributed by atoms with Crippen molar-refractivity contribution in [3.05, 3.63) is 94.5 Å². The highest BCUT2D eigenvalue weighted by molar-refractivity contribution is 7.97. The maximum atomic E-state index is 12.4. The minimum atomic E-state index is -0.131. The van der Waals surface area contributed by atoms with E-state index in [4.69, 9.17) is 20.9 Å². The minimum Gasteiger partial charge on any atom is -0.384 e. The number of aromatic nitrogens is 1. The molecule has 0 saturated carbocycles. The highest BCUT2D eigenvalue weighted by Crippen LogP contribution is 2.31. The maximum Gasteiger partial charge on any atom is 0.251 e. The van der Waals surface area contributed by atoms with Crippen LogP contribution >= 0.6 is 23.3 Å². The average Bonchev–Trinajstić information content (AvgIpc) is 3.37. The van der Waals surface area contributed by atoms with Crippen LogP contribution in [0.3, 0.4) is 0 Å². The molecule has 9 heteroatoms. The summed E-state index contributed by atoms with van der Waals surface area (Å²) in [5, 5.41) is 11.6. The van der Waals surface area contributed by atoms with Crippen LogP contribution in [0.1, 0.15) is 46.4 Å². The number of amidine groups is 1. The van der Waals surface area contributed by atoms with Gasteiger partial charge in [-0.2, -0.15) is 0 Å². The first-order valence-electron chi connectivity index (χ1n) is 12.1. The van der Waals surface area contributed by atoms with Gasteiger partial charge in [-0.25, -0.2) is 9.71 Å². The zero-order valence-electron chi connectivity index (χ0n) is 21.3. The molecule has 1 aromatic heterocycles. The Hall–Kier alpha value is -3.24. The quantitative estimate of drug-likeness (QED) is 0.0865. The number of carbonyl (C=O) groups excluding carboxylic acids is 1. The fourth-order valence-electron chi connectivity index (χ4n) is 3.53. The second kappa shape index (κ2) is 14.5. The van der Waals surface area contributed by atoms with Crippen molar-refractivity contribution in [2.45, 2.75) is 31.2 Å². The van der Waals surface area contributed by atoms with Gasteiger partial charge in [0.1, 0.15) is 10.8 Å². The van der Waals surface area contributed by atoms with Crippen molar-refractivity contribution in [2.75, 3.05) is 20.3 Å². The van der Waals surface area contributed by atoms with Crippen LogP contribution < -0.4 is 15.8 Å². The number of nitrogens with two attached hydrogens (primary N) is 1. The minimum absolute atomic E-state index is 0.0475. The van der Waals surface area contributed by atoms with Crippen molar-refractivity contribution in [2.24, 2.45) is 5.73 Å². The number of benzene rings is 3. The highest BCUT2D eigenvalue weighted by atomic mass is 32.2. The fraction of sp³-hybridized carbons (Fsp3) is 0.250. The highest BCUT2D eigenvalue weighted by Gasteiger charge is 2.18. The largest absolute Gasteiger partial charge is 0.384 e. The Kier molecular flexibility index (Phi) is 11.1. The summed E-state index contributed by atoms with van der Waals surface area (Å²) in [6.07, 6.45) is 0.672. The lowest BCUT2D eigenvalue weighted by atomic mass is 10.0. The average molecular weight is 536 g/mol. The van der Waals surface area contributed by atoms with E-state index >= 15 is 0 Å². The SMILES string of the molecule is CC.COCCNC(=O)c1cccc(SNC(Cc2cccc(C(=N)N)c2)c2nc3ccccc3s2)c1. The van der Waals surface area contributed by atoms with Gasteiger partial charge in [0.15, 0.2) is 0 Å². The molecule has 0 aliphatic heterocycles. The number of methoxy groups -OCH3 is 1. The number of amides is 1. The van der Waals surface area contributed by atoms with E-state index in [1.165, 1.54) is 11.9 Å². The molecule has 4 rings (SSSR count). The number of thiazole rings is 1. The summed E-state index contributed by atoms with van der Waals surface area (Å²) >= 11 is 3.13. The molecular weight excluding hydrogens is 502 g/mol. The van der Waals surface area contributed by atoms with Crippen LogP contribution in [0.25, 0.3) is 10.2 Å². The van der Waals surface area contributed by atoms with E-state index in [0.717, 1.165) is 25.7 Å². The topological polar surface area (TPSA) is 113 Å². The van der Waals surface area contributed by atoms with Crippen LogP contribution in [0.5, 0.6) is 0 Å². The predicted molar refractivity (Wildman–Crippen MR) is 155 cm³/mol. The van der Waals surface area contributed by atoms with Crippen LogP contribution in [0, 0.1) is 5.41 Å². The Balaban J connectivity index is 0.00000186. The standard InChI is InChI=1S/C26H27N5O2S2.C2H6/c1-33-13-12-29-25(32)19-8-5-9-20(16-19)35-31-22(15-17-6-4-7-18(14-17)24(27)28)26-30-21-10-2-3-11-23(21)34-26;1-2/h2-11,14,16,22,31H,12-13,15H2,1H3,(H3,27,28)(H,29,32);1-2H3. The third-order valence-corrected chi connectivity index (χ3v) is 7.34. The first kappa shape index (κ1) is 28.3. The van der Waals surface area contributed by atoms with Crippen molar-refractivity contribution in [1.82, 2.24) is 15.0 Å². The van der Waals surface area contributed by atoms with E-state index in [9.17, 15) is 4.79 Å². The third kappa shape index (κ3) is 8.13. The van der Waals surface area contributed by atoms with Crippen LogP contribution in [-0.2, 0) is 11.2 Å². The lowest BCUT2D eigenvalue weighted by Gasteiger charge is -2.17. The Morgan fingerprint density at radius 2 is 1.84 bits per heavy atom. The molecule has 4 aromatic rings. The summed E-state index contributed by atoms with van der Waals surface area (Å²) < 4.78 is 9.69. The Morgan fingerprint density at radius 3 is 2.59 bits per heavy atom. The summed E-state index contributed by atoms with van der Waals surface area (Å²) in [6.45, 7) is 4.93. The van der Waals surface area contributed by atoms with E-state index in [1.807, 2.05) is 74.5 Å². The molecule has 1 atom stereocenters. The number of nitrogens with zero attached hydrogens (tertiary/aromatic N) is 1. The molecule has 3 aromatic carbocycles. The van der Waals surface area contributed by atoms with E-state index < -0.39 is 0 Å². The Morgan fingerprint density at radius 1 is 1.08 bits per heavy atom. The number of nitrogen functional groups attached to an aromatic ring is 1. The number of rotatable bonds is 11. The van der Waals surface area contributed by atoms with Crippen molar-refractivity contribution in [3.63, 3.8) is 0 Å². The molecule has 1 amide bonds. The van der Waals surface area contributed by atoms with Crippen molar-refractivity contribution in [3.8, 4) is 0 Å². The van der Waals surface area contributed by atoms with Gasteiger partial charge in [-0.15, -0.1) is 11.3 Å². The van der Waals surface area contributed by atoms with Gasteiger partial charge in [0.25, 0.3) is 5.91 Å². The van der Waals surface area contributed by atoms with Crippen LogP contribution in [0.4, 0.5) is 0 Å². The number of carbonyl (C=O) groups is 1. The van der Waals surface area contributed by atoms with Gasteiger partial charge in [-0.1, -0.05) is 50.2 Å². The van der Waals surface area contributed by atoms with Gasteiger partial charge in [0, 0.05) is 29.7 Å².